The predicted molar refractivity (Wildman–Crippen MR) is 129 cm³/mol. The van der Waals surface area contributed by atoms with Crippen LogP contribution in [0.3, 0.4) is 0 Å². The average Bonchev–Trinajstić information content (AvgIpc) is 3.49. The lowest BCUT2D eigenvalue weighted by Gasteiger charge is -2.27. The molecule has 0 bridgehead atoms. The second-order valence-electron chi connectivity index (χ2n) is 6.91. The number of nitrogens with zero attached hydrogens (tertiary/aromatic N) is 3. The number of aromatic nitrogens is 2. The van der Waals surface area contributed by atoms with E-state index in [0.29, 0.717) is 27.4 Å². The number of hydrogen-bond donors (Lipinski definition) is 1. The quantitative estimate of drug-likeness (QED) is 0.253. The molecule has 1 fully saturated rings. The minimum absolute atomic E-state index is 0.0148. The Balaban J connectivity index is 1.82. The molecule has 166 valence electrons. The molecule has 1 aliphatic heterocycles. The van der Waals surface area contributed by atoms with E-state index < -0.39 is 11.8 Å². The molecule has 1 saturated heterocycles. The summed E-state index contributed by atoms with van der Waals surface area (Å²) in [5, 5.41) is 8.79. The summed E-state index contributed by atoms with van der Waals surface area (Å²) < 4.78 is 6.41. The maximum atomic E-state index is 13.0. The summed E-state index contributed by atoms with van der Waals surface area (Å²) in [5.41, 5.74) is 1.42. The molecule has 0 atom stereocenters. The molecule has 1 aromatic carbocycles. The van der Waals surface area contributed by atoms with Gasteiger partial charge in [-0.2, -0.15) is 5.10 Å². The van der Waals surface area contributed by atoms with Crippen LogP contribution in [0.5, 0.6) is 5.75 Å². The van der Waals surface area contributed by atoms with E-state index in [2.05, 4.69) is 17.0 Å². The summed E-state index contributed by atoms with van der Waals surface area (Å²) in [4.78, 5) is 40.2. The summed E-state index contributed by atoms with van der Waals surface area (Å²) in [6, 6.07) is 10.6. The number of rotatable bonds is 6. The van der Waals surface area contributed by atoms with Crippen molar-refractivity contribution in [1.29, 1.82) is 0 Å². The molecule has 2 aromatic heterocycles. The molecule has 0 radical (unpaired) electrons. The number of nitrogens with one attached hydrogen (secondary N) is 1. The van der Waals surface area contributed by atoms with E-state index in [1.54, 1.807) is 48.9 Å². The summed E-state index contributed by atoms with van der Waals surface area (Å²) >= 11 is 6.39. The van der Waals surface area contributed by atoms with Crippen molar-refractivity contribution in [2.75, 3.05) is 13.7 Å². The summed E-state index contributed by atoms with van der Waals surface area (Å²) in [7, 11) is 1.56. The minimum atomic E-state index is -0.622. The first-order valence-electron chi connectivity index (χ1n) is 9.75. The molecule has 2 amide bonds. The minimum Gasteiger partial charge on any atom is -0.497 e. The largest absolute Gasteiger partial charge is 0.497 e. The molecule has 0 unspecified atom stereocenters. The number of carbonyl (C=O) groups is 3. The van der Waals surface area contributed by atoms with Gasteiger partial charge in [-0.05, 0) is 54.0 Å². The van der Waals surface area contributed by atoms with Crippen molar-refractivity contribution in [3.8, 4) is 17.0 Å². The highest BCUT2D eigenvalue weighted by Crippen LogP contribution is 2.28. The molecule has 0 saturated carbocycles. The van der Waals surface area contributed by atoms with Crippen LogP contribution in [0.4, 0.5) is 0 Å². The number of benzene rings is 1. The number of hydrogen-bond acceptors (Lipinski definition) is 7. The van der Waals surface area contributed by atoms with Gasteiger partial charge in [0.05, 0.1) is 12.0 Å². The maximum absolute atomic E-state index is 13.0. The fraction of sp³-hybridized carbons (Fsp3) is 0.0870. The second-order valence-corrected chi connectivity index (χ2v) is 8.24. The van der Waals surface area contributed by atoms with Crippen molar-refractivity contribution < 1.29 is 19.1 Å². The highest BCUT2D eigenvalue weighted by molar-refractivity contribution is 7.80. The van der Waals surface area contributed by atoms with Crippen LogP contribution in [-0.2, 0) is 9.59 Å². The standard InChI is InChI=1S/C23H18N4O4S2/c1-3-10-26-21(29)17(20(28)24-23(26)32)12-15-13-27(22(30)18-5-4-11-33-18)25-19(15)14-6-8-16(31-2)9-7-14/h3-9,11-13H,1,10H2,2H3,(H,24,28,32)/b17-12+. The second kappa shape index (κ2) is 9.31. The first-order valence-corrected chi connectivity index (χ1v) is 11.0. The monoisotopic (exact) mass is 478 g/mol. The average molecular weight is 479 g/mol. The van der Waals surface area contributed by atoms with Gasteiger partial charge in [0, 0.05) is 23.9 Å². The maximum Gasteiger partial charge on any atom is 0.288 e. The van der Waals surface area contributed by atoms with Crippen LogP contribution in [0, 0.1) is 0 Å². The zero-order chi connectivity index (χ0) is 23.5. The van der Waals surface area contributed by atoms with Crippen LogP contribution < -0.4 is 10.1 Å². The third kappa shape index (κ3) is 4.38. The molecule has 1 aliphatic rings. The molecule has 8 nitrogen and oxygen atoms in total. The molecule has 4 rings (SSSR count). The molecule has 10 heteroatoms. The smallest absolute Gasteiger partial charge is 0.288 e. The lowest BCUT2D eigenvalue weighted by atomic mass is 10.0. The van der Waals surface area contributed by atoms with E-state index in [4.69, 9.17) is 17.0 Å². The number of thiophene rings is 1. The third-order valence-corrected chi connectivity index (χ3v) is 6.02. The third-order valence-electron chi connectivity index (χ3n) is 4.84. The van der Waals surface area contributed by atoms with Crippen molar-refractivity contribution in [1.82, 2.24) is 20.0 Å². The van der Waals surface area contributed by atoms with Gasteiger partial charge in [-0.3, -0.25) is 24.6 Å². The van der Waals surface area contributed by atoms with Gasteiger partial charge in [-0.25, -0.2) is 4.68 Å². The Labute approximate surface area is 198 Å². The zero-order valence-corrected chi connectivity index (χ0v) is 19.1. The van der Waals surface area contributed by atoms with E-state index in [0.717, 1.165) is 0 Å². The van der Waals surface area contributed by atoms with Crippen LogP contribution in [-0.4, -0.2) is 51.2 Å². The molecule has 33 heavy (non-hydrogen) atoms. The van der Waals surface area contributed by atoms with Crippen LogP contribution in [0.15, 0.2) is 66.2 Å². The fourth-order valence-corrected chi connectivity index (χ4v) is 4.13. The molecule has 3 heterocycles. The number of carbonyl (C=O) groups excluding carboxylic acids is 3. The van der Waals surface area contributed by atoms with Crippen LogP contribution in [0.2, 0.25) is 0 Å². The summed E-state index contributed by atoms with van der Waals surface area (Å²) in [5.74, 6) is -0.841. The van der Waals surface area contributed by atoms with E-state index in [9.17, 15) is 14.4 Å². The number of thiocarbonyl (C=S) groups is 1. The molecular weight excluding hydrogens is 460 g/mol. The SMILES string of the molecule is C=CCN1C(=O)/C(=C/c2cn(C(=O)c3cccs3)nc2-c2ccc(OC)cc2)C(=O)NC1=S. The van der Waals surface area contributed by atoms with Crippen LogP contribution in [0.1, 0.15) is 15.2 Å². The van der Waals surface area contributed by atoms with E-state index in [1.165, 1.54) is 39.3 Å². The Morgan fingerprint density at radius 3 is 2.67 bits per heavy atom. The fourth-order valence-electron chi connectivity index (χ4n) is 3.23. The Morgan fingerprint density at radius 1 is 1.27 bits per heavy atom. The topological polar surface area (TPSA) is 93.5 Å². The van der Waals surface area contributed by atoms with Gasteiger partial charge in [-0.15, -0.1) is 17.9 Å². The van der Waals surface area contributed by atoms with Crippen molar-refractivity contribution in [3.05, 3.63) is 76.6 Å². The Hall–Kier alpha value is -3.89. The van der Waals surface area contributed by atoms with Gasteiger partial charge in [0.1, 0.15) is 17.0 Å². The van der Waals surface area contributed by atoms with Gasteiger partial charge >= 0.3 is 0 Å². The number of methoxy groups -OCH3 is 1. The van der Waals surface area contributed by atoms with Gasteiger partial charge in [-0.1, -0.05) is 12.1 Å². The van der Waals surface area contributed by atoms with Gasteiger partial charge in [0.2, 0.25) is 0 Å². The Morgan fingerprint density at radius 2 is 2.03 bits per heavy atom. The van der Waals surface area contributed by atoms with Crippen LogP contribution >= 0.6 is 23.6 Å². The summed E-state index contributed by atoms with van der Waals surface area (Å²) in [6.07, 6.45) is 4.43. The zero-order valence-electron chi connectivity index (χ0n) is 17.5. The molecule has 1 N–H and O–H groups in total. The normalized spacial score (nSPS) is 15.0. The van der Waals surface area contributed by atoms with Crippen molar-refractivity contribution in [2.24, 2.45) is 0 Å². The summed E-state index contributed by atoms with van der Waals surface area (Å²) in [6.45, 7) is 3.77. The Kier molecular flexibility index (Phi) is 6.29. The highest BCUT2D eigenvalue weighted by Gasteiger charge is 2.33. The van der Waals surface area contributed by atoms with Gasteiger partial charge in [0.25, 0.3) is 17.7 Å². The molecule has 3 aromatic rings. The van der Waals surface area contributed by atoms with Crippen molar-refractivity contribution >= 4 is 52.5 Å². The number of amides is 2. The van der Waals surface area contributed by atoms with E-state index in [1.807, 2.05) is 0 Å². The van der Waals surface area contributed by atoms with Gasteiger partial charge in [0.15, 0.2) is 5.11 Å². The van der Waals surface area contributed by atoms with E-state index in [-0.39, 0.29) is 23.1 Å². The van der Waals surface area contributed by atoms with Crippen molar-refractivity contribution in [2.45, 2.75) is 0 Å². The van der Waals surface area contributed by atoms with Gasteiger partial charge < -0.3 is 4.74 Å². The predicted octanol–water partition coefficient (Wildman–Crippen LogP) is 3.12. The Bertz CT molecular complexity index is 1290. The first kappa shape index (κ1) is 22.3. The molecule has 0 aliphatic carbocycles. The van der Waals surface area contributed by atoms with Crippen molar-refractivity contribution in [3.63, 3.8) is 0 Å². The van der Waals surface area contributed by atoms with Crippen LogP contribution in [0.25, 0.3) is 17.3 Å². The lowest BCUT2D eigenvalue weighted by molar-refractivity contribution is -0.128. The first-order chi connectivity index (χ1) is 15.9. The lowest BCUT2D eigenvalue weighted by Crippen LogP contribution is -2.53. The molecule has 0 spiro atoms. The highest BCUT2D eigenvalue weighted by atomic mass is 32.1. The molecular formula is C23H18N4O4S2. The van der Waals surface area contributed by atoms with E-state index >= 15 is 0 Å². The number of ether oxygens (including phenoxy) is 1.